The largest absolute Gasteiger partial charge is 0.400 e. The van der Waals surface area contributed by atoms with E-state index in [9.17, 15) is 18.1 Å². The predicted octanol–water partition coefficient (Wildman–Crippen LogP) is 3.20. The Morgan fingerprint density at radius 1 is 1.44 bits per heavy atom. The van der Waals surface area contributed by atoms with Gasteiger partial charge in [0, 0.05) is 5.41 Å². The lowest BCUT2D eigenvalue weighted by atomic mass is 9.97. The minimum Gasteiger partial charge on any atom is -0.304 e. The van der Waals surface area contributed by atoms with Gasteiger partial charge in [0.15, 0.2) is 3.79 Å². The van der Waals surface area contributed by atoms with Gasteiger partial charge in [-0.25, -0.2) is 0 Å². The zero-order valence-electron chi connectivity index (χ0n) is 8.84. The summed E-state index contributed by atoms with van der Waals surface area (Å²) in [5.74, 6) is 0. The Labute approximate surface area is 106 Å². The van der Waals surface area contributed by atoms with Crippen molar-refractivity contribution in [1.29, 1.82) is 0 Å². The highest BCUT2D eigenvalue weighted by atomic mass is 127. The first kappa shape index (κ1) is 14.5. The molecule has 0 N–H and O–H groups in total. The smallest absolute Gasteiger partial charge is 0.304 e. The van der Waals surface area contributed by atoms with Gasteiger partial charge in [-0.1, -0.05) is 13.8 Å². The molecule has 0 aromatic carbocycles. The zero-order chi connectivity index (χ0) is 12.6. The molecule has 16 heavy (non-hydrogen) atoms. The van der Waals surface area contributed by atoms with Crippen molar-refractivity contribution in [3.63, 3.8) is 0 Å². The lowest BCUT2D eigenvalue weighted by molar-refractivity contribution is -0.114. The van der Waals surface area contributed by atoms with Crippen LogP contribution in [-0.2, 0) is 18.4 Å². The molecule has 0 amide bonds. The van der Waals surface area contributed by atoms with Crippen LogP contribution in [0.25, 0.3) is 0 Å². The molecule has 0 aromatic heterocycles. The Bertz CT molecular complexity index is 331. The fourth-order valence-electron chi connectivity index (χ4n) is 1.05. The van der Waals surface area contributed by atoms with Gasteiger partial charge in [0.1, 0.15) is 0 Å². The van der Waals surface area contributed by atoms with Crippen LogP contribution in [0.4, 0.5) is 8.78 Å². The van der Waals surface area contributed by atoms with Gasteiger partial charge in [-0.3, -0.25) is 9.36 Å². The average Bonchev–Trinajstić information content (AvgIpc) is 2.08. The van der Waals surface area contributed by atoms with E-state index in [0.717, 1.165) is 0 Å². The molecule has 1 rings (SSSR count). The van der Waals surface area contributed by atoms with E-state index in [1.165, 1.54) is 22.6 Å². The van der Waals surface area contributed by atoms with Crippen LogP contribution in [-0.4, -0.2) is 22.7 Å². The summed E-state index contributed by atoms with van der Waals surface area (Å²) in [6.07, 6.45) is -1.13. The summed E-state index contributed by atoms with van der Waals surface area (Å²) < 4.78 is 47.2. The molecule has 1 fully saturated rings. The summed E-state index contributed by atoms with van der Waals surface area (Å²) in [6.45, 7) is 3.35. The topological polar surface area (TPSA) is 52.6 Å². The number of rotatable bonds is 3. The third-order valence-electron chi connectivity index (χ3n) is 2.00. The van der Waals surface area contributed by atoms with Gasteiger partial charge in [0.2, 0.25) is 0 Å². The summed E-state index contributed by atoms with van der Waals surface area (Å²) in [6, 6.07) is 0. The van der Waals surface area contributed by atoms with Gasteiger partial charge in [-0.15, -0.1) is 0 Å². The van der Waals surface area contributed by atoms with Crippen molar-refractivity contribution in [2.24, 2.45) is 5.41 Å². The van der Waals surface area contributed by atoms with E-state index in [2.05, 4.69) is 9.05 Å². The van der Waals surface area contributed by atoms with E-state index in [1.807, 2.05) is 0 Å². The molecule has 1 aliphatic rings. The standard InChI is InChI=1S/C8H12F2IO4P/c1-7(2)4-14-16(13,15-5-7)8(9,10)3-6(11)12/h3-5H2,1-2H3. The summed E-state index contributed by atoms with van der Waals surface area (Å²) in [4.78, 5) is 10.6. The molecule has 4 nitrogen and oxygen atoms in total. The molecule has 94 valence electrons. The first-order valence-corrected chi connectivity index (χ1v) is 7.16. The maximum Gasteiger partial charge on any atom is 0.400 e. The fraction of sp³-hybridized carbons (Fsp3) is 0.875. The maximum absolute atomic E-state index is 13.5. The van der Waals surface area contributed by atoms with E-state index < -0.39 is 28.9 Å². The first-order chi connectivity index (χ1) is 7.08. The predicted molar refractivity (Wildman–Crippen MR) is 61.9 cm³/mol. The SMILES string of the molecule is CC1(C)COP(=O)(C(F)(F)CC(=O)I)OC1. The van der Waals surface area contributed by atoms with Crippen LogP contribution in [0.2, 0.25) is 0 Å². The number of hydrogen-bond donors (Lipinski definition) is 0. The average molecular weight is 368 g/mol. The molecule has 0 atom stereocenters. The van der Waals surface area contributed by atoms with Crippen LogP contribution in [0.5, 0.6) is 0 Å². The van der Waals surface area contributed by atoms with Gasteiger partial charge < -0.3 is 9.05 Å². The molecule has 8 heteroatoms. The van der Waals surface area contributed by atoms with Gasteiger partial charge in [-0.05, 0) is 22.6 Å². The second kappa shape index (κ2) is 4.59. The Hall–Kier alpha value is 0.410. The molecule has 0 aliphatic carbocycles. The molecule has 1 saturated heterocycles. The molecule has 0 unspecified atom stereocenters. The summed E-state index contributed by atoms with van der Waals surface area (Å²) in [5, 5.41) is 0. The molecule has 0 saturated carbocycles. The highest BCUT2D eigenvalue weighted by molar-refractivity contribution is 14.1. The number of carbonyl (C=O) groups excluding carboxylic acids is 1. The van der Waals surface area contributed by atoms with Crippen molar-refractivity contribution in [2.45, 2.75) is 25.9 Å². The highest BCUT2D eigenvalue weighted by Crippen LogP contribution is 2.66. The quantitative estimate of drug-likeness (QED) is 0.436. The molecule has 1 aliphatic heterocycles. The van der Waals surface area contributed by atoms with Crippen LogP contribution in [0.15, 0.2) is 0 Å². The Morgan fingerprint density at radius 2 is 1.88 bits per heavy atom. The van der Waals surface area contributed by atoms with Crippen molar-refractivity contribution < 1.29 is 27.2 Å². The summed E-state index contributed by atoms with van der Waals surface area (Å²) >= 11 is 1.23. The molecule has 0 radical (unpaired) electrons. The third kappa shape index (κ3) is 3.21. The molecular formula is C8H12F2IO4P. The summed E-state index contributed by atoms with van der Waals surface area (Å²) in [7, 11) is -4.51. The maximum atomic E-state index is 13.5. The van der Waals surface area contributed by atoms with E-state index in [-0.39, 0.29) is 13.2 Å². The van der Waals surface area contributed by atoms with E-state index >= 15 is 0 Å². The van der Waals surface area contributed by atoms with Gasteiger partial charge in [0.25, 0.3) is 0 Å². The minimum atomic E-state index is -4.51. The number of carbonyl (C=O) groups is 1. The molecule has 0 bridgehead atoms. The van der Waals surface area contributed by atoms with Crippen LogP contribution in [0.1, 0.15) is 20.3 Å². The van der Waals surface area contributed by atoms with Crippen LogP contribution >= 0.6 is 30.2 Å². The molecule has 1 heterocycles. The lowest BCUT2D eigenvalue weighted by Gasteiger charge is -2.36. The van der Waals surface area contributed by atoms with Crippen molar-refractivity contribution in [3.8, 4) is 0 Å². The van der Waals surface area contributed by atoms with Gasteiger partial charge in [0.05, 0.1) is 19.6 Å². The Kier molecular flexibility index (Phi) is 4.15. The highest BCUT2D eigenvalue weighted by Gasteiger charge is 2.57. The fourth-order valence-corrected chi connectivity index (χ4v) is 3.66. The minimum absolute atomic E-state index is 0.0741. The molecule has 0 aromatic rings. The van der Waals surface area contributed by atoms with Crippen LogP contribution in [0, 0.1) is 5.41 Å². The lowest BCUT2D eigenvalue weighted by Crippen LogP contribution is -2.34. The van der Waals surface area contributed by atoms with Gasteiger partial charge in [-0.2, -0.15) is 8.78 Å². The van der Waals surface area contributed by atoms with E-state index in [1.54, 1.807) is 13.8 Å². The first-order valence-electron chi connectivity index (χ1n) is 4.53. The van der Waals surface area contributed by atoms with E-state index in [0.29, 0.717) is 0 Å². The van der Waals surface area contributed by atoms with E-state index in [4.69, 9.17) is 0 Å². The number of halogens is 3. The van der Waals surface area contributed by atoms with Gasteiger partial charge >= 0.3 is 13.3 Å². The van der Waals surface area contributed by atoms with Crippen molar-refractivity contribution in [3.05, 3.63) is 0 Å². The second-order valence-corrected chi connectivity index (χ2v) is 7.78. The summed E-state index contributed by atoms with van der Waals surface area (Å²) in [5.41, 5.74) is -4.19. The van der Waals surface area contributed by atoms with Crippen molar-refractivity contribution in [1.82, 2.24) is 0 Å². The molecular weight excluding hydrogens is 356 g/mol. The number of hydrogen-bond acceptors (Lipinski definition) is 4. The zero-order valence-corrected chi connectivity index (χ0v) is 11.9. The van der Waals surface area contributed by atoms with Crippen LogP contribution < -0.4 is 0 Å². The normalized spacial score (nSPS) is 24.1. The second-order valence-electron chi connectivity index (χ2n) is 4.41. The molecule has 0 spiro atoms. The monoisotopic (exact) mass is 368 g/mol. The Balaban J connectivity index is 2.80. The van der Waals surface area contributed by atoms with Crippen molar-refractivity contribution >= 4 is 34.0 Å². The number of alkyl halides is 2. The third-order valence-corrected chi connectivity index (χ3v) is 4.28. The Morgan fingerprint density at radius 3 is 2.25 bits per heavy atom. The van der Waals surface area contributed by atoms with Crippen molar-refractivity contribution in [2.75, 3.05) is 13.2 Å². The van der Waals surface area contributed by atoms with Crippen LogP contribution in [0.3, 0.4) is 0 Å².